The maximum absolute atomic E-state index is 12.4. The second kappa shape index (κ2) is 4.53. The summed E-state index contributed by atoms with van der Waals surface area (Å²) in [7, 11) is 0. The molecule has 1 saturated carbocycles. The lowest BCUT2D eigenvalue weighted by Gasteiger charge is -2.33. The molecule has 1 N–H and O–H groups in total. The molecule has 18 heavy (non-hydrogen) atoms. The number of amides is 1. The van der Waals surface area contributed by atoms with Crippen LogP contribution in [0.5, 0.6) is 0 Å². The number of hydrogen-bond acceptors (Lipinski definition) is 3. The minimum Gasteiger partial charge on any atom is -0.481 e. The largest absolute Gasteiger partial charge is 0.481 e. The van der Waals surface area contributed by atoms with Crippen LogP contribution in [0.1, 0.15) is 27.2 Å². The number of morpholine rings is 1. The smallest absolute Gasteiger partial charge is 0.307 e. The summed E-state index contributed by atoms with van der Waals surface area (Å²) in [5.41, 5.74) is -0.414. The third kappa shape index (κ3) is 2.11. The Morgan fingerprint density at radius 1 is 1.39 bits per heavy atom. The Labute approximate surface area is 107 Å². The van der Waals surface area contributed by atoms with E-state index in [2.05, 4.69) is 0 Å². The normalized spacial score (nSPS) is 34.2. The van der Waals surface area contributed by atoms with Gasteiger partial charge >= 0.3 is 5.97 Å². The molecule has 1 saturated heterocycles. The molecule has 0 bridgehead atoms. The van der Waals surface area contributed by atoms with Crippen LogP contribution in [0.15, 0.2) is 0 Å². The van der Waals surface area contributed by atoms with E-state index < -0.39 is 17.3 Å². The first-order valence-electron chi connectivity index (χ1n) is 6.52. The van der Waals surface area contributed by atoms with Crippen molar-refractivity contribution in [3.05, 3.63) is 0 Å². The first kappa shape index (κ1) is 13.3. The van der Waals surface area contributed by atoms with Gasteiger partial charge in [0.25, 0.3) is 0 Å². The van der Waals surface area contributed by atoms with Gasteiger partial charge < -0.3 is 14.7 Å². The number of nitrogens with zero attached hydrogens (tertiary/aromatic N) is 1. The predicted molar refractivity (Wildman–Crippen MR) is 65.0 cm³/mol. The van der Waals surface area contributed by atoms with Gasteiger partial charge in [0.05, 0.1) is 24.5 Å². The van der Waals surface area contributed by atoms with E-state index in [1.807, 2.05) is 20.8 Å². The summed E-state index contributed by atoms with van der Waals surface area (Å²) in [4.78, 5) is 25.2. The summed E-state index contributed by atoms with van der Waals surface area (Å²) in [5, 5.41) is 9.11. The lowest BCUT2D eigenvalue weighted by atomic mass is 10.1. The Bertz CT molecular complexity index is 366. The average Bonchev–Trinajstić information content (AvgIpc) is 2.91. The second-order valence-corrected chi connectivity index (χ2v) is 5.80. The van der Waals surface area contributed by atoms with Gasteiger partial charge in [0.15, 0.2) is 0 Å². The van der Waals surface area contributed by atoms with Crippen molar-refractivity contribution >= 4 is 11.9 Å². The van der Waals surface area contributed by atoms with Crippen molar-refractivity contribution < 1.29 is 19.4 Å². The Kier molecular flexibility index (Phi) is 3.36. The number of carbonyl (C=O) groups is 2. The first-order valence-corrected chi connectivity index (χ1v) is 6.52. The van der Waals surface area contributed by atoms with Gasteiger partial charge in [-0.15, -0.1) is 0 Å². The Morgan fingerprint density at radius 3 is 2.56 bits per heavy atom. The van der Waals surface area contributed by atoms with Crippen molar-refractivity contribution in [1.82, 2.24) is 4.90 Å². The highest BCUT2D eigenvalue weighted by molar-refractivity contribution is 5.91. The quantitative estimate of drug-likeness (QED) is 0.816. The minimum atomic E-state index is -0.862. The van der Waals surface area contributed by atoms with Crippen LogP contribution in [0.25, 0.3) is 0 Å². The maximum Gasteiger partial charge on any atom is 0.307 e. The molecular formula is C13H21NO4. The van der Waals surface area contributed by atoms with E-state index in [0.29, 0.717) is 19.7 Å². The molecular weight excluding hydrogens is 234 g/mol. The zero-order valence-corrected chi connectivity index (χ0v) is 11.2. The van der Waals surface area contributed by atoms with E-state index in [9.17, 15) is 9.59 Å². The van der Waals surface area contributed by atoms with Crippen molar-refractivity contribution in [2.75, 3.05) is 19.7 Å². The number of ether oxygens (including phenoxy) is 1. The molecule has 1 aliphatic heterocycles. The Morgan fingerprint density at radius 2 is 2.06 bits per heavy atom. The van der Waals surface area contributed by atoms with Crippen molar-refractivity contribution in [2.45, 2.75) is 33.3 Å². The molecule has 0 radical (unpaired) electrons. The van der Waals surface area contributed by atoms with Crippen LogP contribution in [0.3, 0.4) is 0 Å². The van der Waals surface area contributed by atoms with Gasteiger partial charge in [-0.05, 0) is 11.8 Å². The highest BCUT2D eigenvalue weighted by Gasteiger charge is 2.66. The third-order valence-electron chi connectivity index (χ3n) is 4.27. The molecule has 1 heterocycles. The molecule has 1 aliphatic carbocycles. The van der Waals surface area contributed by atoms with Gasteiger partial charge in [0.1, 0.15) is 0 Å². The molecule has 0 aromatic heterocycles. The van der Waals surface area contributed by atoms with E-state index in [4.69, 9.17) is 9.84 Å². The van der Waals surface area contributed by atoms with Gasteiger partial charge in [0.2, 0.25) is 5.91 Å². The summed E-state index contributed by atoms with van der Waals surface area (Å²) in [6.45, 7) is 7.45. The van der Waals surface area contributed by atoms with Crippen LogP contribution < -0.4 is 0 Å². The molecule has 0 aromatic rings. The minimum absolute atomic E-state index is 0.0193. The second-order valence-electron chi connectivity index (χ2n) is 5.80. The monoisotopic (exact) mass is 255 g/mol. The third-order valence-corrected chi connectivity index (χ3v) is 4.27. The summed E-state index contributed by atoms with van der Waals surface area (Å²) in [5.74, 6) is -1.79. The predicted octanol–water partition coefficient (Wildman–Crippen LogP) is 0.981. The molecule has 5 heteroatoms. The van der Waals surface area contributed by atoms with Gasteiger partial charge in [-0.25, -0.2) is 0 Å². The Hall–Kier alpha value is -1.10. The van der Waals surface area contributed by atoms with Crippen LogP contribution in [0.4, 0.5) is 0 Å². The Balaban J connectivity index is 2.02. The zero-order chi connectivity index (χ0) is 13.5. The summed E-state index contributed by atoms with van der Waals surface area (Å²) in [6, 6.07) is 0. The SMILES string of the molecule is CCC1CN(C(=O)[C@H]2[C@@H](C(=O)O)C2(C)C)CCO1. The van der Waals surface area contributed by atoms with E-state index in [1.165, 1.54) is 0 Å². The molecule has 0 spiro atoms. The molecule has 1 unspecified atom stereocenters. The fourth-order valence-corrected chi connectivity index (χ4v) is 2.92. The molecule has 5 nitrogen and oxygen atoms in total. The highest BCUT2D eigenvalue weighted by Crippen LogP contribution is 2.59. The number of rotatable bonds is 3. The molecule has 2 fully saturated rings. The first-order chi connectivity index (χ1) is 8.39. The van der Waals surface area contributed by atoms with Crippen molar-refractivity contribution in [1.29, 1.82) is 0 Å². The molecule has 3 atom stereocenters. The molecule has 0 aromatic carbocycles. The van der Waals surface area contributed by atoms with E-state index in [1.54, 1.807) is 4.90 Å². The van der Waals surface area contributed by atoms with Crippen LogP contribution in [-0.4, -0.2) is 47.7 Å². The van der Waals surface area contributed by atoms with Crippen LogP contribution in [0.2, 0.25) is 0 Å². The van der Waals surface area contributed by atoms with Crippen LogP contribution in [-0.2, 0) is 14.3 Å². The van der Waals surface area contributed by atoms with Crippen molar-refractivity contribution in [3.8, 4) is 0 Å². The van der Waals surface area contributed by atoms with Gasteiger partial charge in [-0.2, -0.15) is 0 Å². The van der Waals surface area contributed by atoms with Crippen molar-refractivity contribution in [2.24, 2.45) is 17.3 Å². The molecule has 102 valence electrons. The van der Waals surface area contributed by atoms with E-state index >= 15 is 0 Å². The standard InChI is InChI=1S/C13H21NO4/c1-4-8-7-14(5-6-18-8)11(15)9-10(12(16)17)13(9,2)3/h8-10H,4-7H2,1-3H3,(H,16,17)/t8?,9-,10+/m1/s1. The zero-order valence-electron chi connectivity index (χ0n) is 11.2. The highest BCUT2D eigenvalue weighted by atomic mass is 16.5. The number of aliphatic carboxylic acids is 1. The lowest BCUT2D eigenvalue weighted by Crippen LogP contribution is -2.46. The lowest BCUT2D eigenvalue weighted by molar-refractivity contribution is -0.145. The summed E-state index contributed by atoms with van der Waals surface area (Å²) >= 11 is 0. The van der Waals surface area contributed by atoms with Gasteiger partial charge in [-0.1, -0.05) is 20.8 Å². The fraction of sp³-hybridized carbons (Fsp3) is 0.846. The molecule has 2 rings (SSSR count). The molecule has 2 aliphatic rings. The van der Waals surface area contributed by atoms with Crippen LogP contribution >= 0.6 is 0 Å². The number of carbonyl (C=O) groups excluding carboxylic acids is 1. The number of carboxylic acids is 1. The summed E-state index contributed by atoms with van der Waals surface area (Å²) in [6.07, 6.45) is 0.966. The van der Waals surface area contributed by atoms with Crippen molar-refractivity contribution in [3.63, 3.8) is 0 Å². The van der Waals surface area contributed by atoms with Gasteiger partial charge in [-0.3, -0.25) is 9.59 Å². The number of carboxylic acid groups (broad SMARTS) is 1. The summed E-state index contributed by atoms with van der Waals surface area (Å²) < 4.78 is 5.52. The van der Waals surface area contributed by atoms with Gasteiger partial charge in [0, 0.05) is 13.1 Å². The maximum atomic E-state index is 12.4. The topological polar surface area (TPSA) is 66.8 Å². The molecule has 1 amide bonds. The van der Waals surface area contributed by atoms with E-state index in [0.717, 1.165) is 6.42 Å². The van der Waals surface area contributed by atoms with Crippen LogP contribution in [0, 0.1) is 17.3 Å². The fourth-order valence-electron chi connectivity index (χ4n) is 2.92. The number of hydrogen-bond donors (Lipinski definition) is 1. The van der Waals surface area contributed by atoms with E-state index in [-0.39, 0.29) is 17.9 Å². The average molecular weight is 255 g/mol.